The van der Waals surface area contributed by atoms with Crippen LogP contribution in [-0.2, 0) is 0 Å². The van der Waals surface area contributed by atoms with Crippen LogP contribution in [0.15, 0.2) is 12.1 Å². The van der Waals surface area contributed by atoms with Crippen molar-refractivity contribution in [2.45, 2.75) is 6.04 Å². The summed E-state index contributed by atoms with van der Waals surface area (Å²) in [5, 5.41) is 8.54. The Bertz CT molecular complexity index is 397. The van der Waals surface area contributed by atoms with E-state index in [9.17, 15) is 4.39 Å². The molecule has 3 nitrogen and oxygen atoms in total. The van der Waals surface area contributed by atoms with Crippen molar-refractivity contribution < 1.29 is 9.13 Å². The van der Waals surface area contributed by atoms with E-state index in [-0.39, 0.29) is 11.6 Å². The first-order valence-electron chi connectivity index (χ1n) is 3.84. The third kappa shape index (κ3) is 1.14. The van der Waals surface area contributed by atoms with Crippen LogP contribution in [0, 0.1) is 17.1 Å². The molecule has 0 radical (unpaired) electrons. The van der Waals surface area contributed by atoms with Crippen molar-refractivity contribution >= 4 is 0 Å². The van der Waals surface area contributed by atoms with Gasteiger partial charge in [-0.2, -0.15) is 5.26 Å². The van der Waals surface area contributed by atoms with Gasteiger partial charge in [-0.1, -0.05) is 0 Å². The molecule has 1 unspecified atom stereocenters. The molecule has 1 aliphatic heterocycles. The maximum atomic E-state index is 13.1. The number of nitrogens with two attached hydrogens (primary N) is 1. The van der Waals surface area contributed by atoms with Crippen LogP contribution in [0.25, 0.3) is 0 Å². The van der Waals surface area contributed by atoms with E-state index in [0.717, 1.165) is 0 Å². The van der Waals surface area contributed by atoms with Crippen LogP contribution in [0.3, 0.4) is 0 Å². The topological polar surface area (TPSA) is 59.0 Å². The summed E-state index contributed by atoms with van der Waals surface area (Å²) in [6.07, 6.45) is 0. The molecule has 1 aliphatic rings. The van der Waals surface area contributed by atoms with Gasteiger partial charge in [0.05, 0.1) is 11.6 Å². The number of ether oxygens (including phenoxy) is 1. The highest BCUT2D eigenvalue weighted by Crippen LogP contribution is 2.32. The minimum atomic E-state index is -0.540. The molecule has 2 rings (SSSR count). The Morgan fingerprint density at radius 2 is 2.38 bits per heavy atom. The van der Waals surface area contributed by atoms with Crippen LogP contribution >= 0.6 is 0 Å². The summed E-state index contributed by atoms with van der Waals surface area (Å²) in [5.41, 5.74) is 6.26. The second kappa shape index (κ2) is 2.71. The molecular weight excluding hydrogens is 171 g/mol. The minimum Gasteiger partial charge on any atom is -0.491 e. The Morgan fingerprint density at radius 1 is 1.62 bits per heavy atom. The van der Waals surface area contributed by atoms with Gasteiger partial charge in [0.2, 0.25) is 0 Å². The number of hydrogen-bond donors (Lipinski definition) is 1. The van der Waals surface area contributed by atoms with Crippen LogP contribution in [0.4, 0.5) is 4.39 Å². The molecule has 4 heteroatoms. The van der Waals surface area contributed by atoms with E-state index in [1.54, 1.807) is 6.07 Å². The van der Waals surface area contributed by atoms with E-state index in [1.807, 2.05) is 0 Å². The first-order chi connectivity index (χ1) is 6.22. The fourth-order valence-corrected chi connectivity index (χ4v) is 1.34. The Labute approximate surface area is 74.5 Å². The predicted octanol–water partition coefficient (Wildman–Crippen LogP) is 1.09. The highest BCUT2D eigenvalue weighted by Gasteiger charge is 2.22. The van der Waals surface area contributed by atoms with E-state index < -0.39 is 5.82 Å². The molecular formula is C9H7FN2O. The van der Waals surface area contributed by atoms with Gasteiger partial charge in [-0.15, -0.1) is 0 Å². The van der Waals surface area contributed by atoms with E-state index in [2.05, 4.69) is 0 Å². The number of nitriles is 1. The molecule has 0 fully saturated rings. The summed E-state index contributed by atoms with van der Waals surface area (Å²) in [7, 11) is 0. The van der Waals surface area contributed by atoms with Gasteiger partial charge in [0.15, 0.2) is 0 Å². The summed E-state index contributed by atoms with van der Waals surface area (Å²) >= 11 is 0. The quantitative estimate of drug-likeness (QED) is 0.646. The second-order valence-electron chi connectivity index (χ2n) is 2.90. The molecule has 1 aromatic rings. The Morgan fingerprint density at radius 3 is 3.08 bits per heavy atom. The highest BCUT2D eigenvalue weighted by molar-refractivity contribution is 5.46. The summed E-state index contributed by atoms with van der Waals surface area (Å²) in [5.74, 6) is -0.0207. The van der Waals surface area contributed by atoms with Crippen molar-refractivity contribution in [3.63, 3.8) is 0 Å². The third-order valence-corrected chi connectivity index (χ3v) is 2.04. The SMILES string of the molecule is N#Cc1cc2c(cc1F)C(N)CO2. The van der Waals surface area contributed by atoms with Crippen LogP contribution < -0.4 is 10.5 Å². The van der Waals surface area contributed by atoms with Crippen LogP contribution in [0.2, 0.25) is 0 Å². The summed E-state index contributed by atoms with van der Waals surface area (Å²) < 4.78 is 18.3. The van der Waals surface area contributed by atoms with Crippen molar-refractivity contribution in [1.82, 2.24) is 0 Å². The number of nitrogens with zero attached hydrogens (tertiary/aromatic N) is 1. The van der Waals surface area contributed by atoms with Crippen molar-refractivity contribution in [2.24, 2.45) is 5.73 Å². The van der Waals surface area contributed by atoms with E-state index in [1.165, 1.54) is 12.1 Å². The highest BCUT2D eigenvalue weighted by atomic mass is 19.1. The Balaban J connectivity index is 2.58. The molecule has 2 N–H and O–H groups in total. The monoisotopic (exact) mass is 178 g/mol. The van der Waals surface area contributed by atoms with Crippen molar-refractivity contribution in [3.05, 3.63) is 29.1 Å². The van der Waals surface area contributed by atoms with E-state index in [0.29, 0.717) is 17.9 Å². The number of hydrogen-bond acceptors (Lipinski definition) is 3. The fourth-order valence-electron chi connectivity index (χ4n) is 1.34. The van der Waals surface area contributed by atoms with Crippen LogP contribution in [0.5, 0.6) is 5.75 Å². The number of fused-ring (bicyclic) bond motifs is 1. The van der Waals surface area contributed by atoms with Gasteiger partial charge < -0.3 is 10.5 Å². The standard InChI is InChI=1S/C9H7FN2O/c10-7-2-6-8(12)4-13-9(6)1-5(7)3-11/h1-2,8H,4,12H2. The number of benzene rings is 1. The molecule has 13 heavy (non-hydrogen) atoms. The summed E-state index contributed by atoms with van der Waals surface area (Å²) in [6, 6.07) is 4.12. The van der Waals surface area contributed by atoms with Gasteiger partial charge in [0.1, 0.15) is 24.2 Å². The van der Waals surface area contributed by atoms with Gasteiger partial charge in [-0.05, 0) is 6.07 Å². The summed E-state index contributed by atoms with van der Waals surface area (Å²) in [4.78, 5) is 0. The Hall–Kier alpha value is -1.60. The van der Waals surface area contributed by atoms with Gasteiger partial charge in [0.25, 0.3) is 0 Å². The maximum absolute atomic E-state index is 13.1. The lowest BCUT2D eigenvalue weighted by molar-refractivity contribution is 0.333. The van der Waals surface area contributed by atoms with E-state index >= 15 is 0 Å². The molecule has 0 amide bonds. The van der Waals surface area contributed by atoms with Gasteiger partial charge >= 0.3 is 0 Å². The molecule has 1 heterocycles. The van der Waals surface area contributed by atoms with E-state index in [4.69, 9.17) is 15.7 Å². The molecule has 1 atom stereocenters. The average molecular weight is 178 g/mol. The predicted molar refractivity (Wildman–Crippen MR) is 43.5 cm³/mol. The van der Waals surface area contributed by atoms with Gasteiger partial charge in [-0.3, -0.25) is 0 Å². The molecule has 0 spiro atoms. The first kappa shape index (κ1) is 8.02. The zero-order valence-corrected chi connectivity index (χ0v) is 6.75. The van der Waals surface area contributed by atoms with Crippen molar-refractivity contribution in [1.29, 1.82) is 5.26 Å². The van der Waals surface area contributed by atoms with Gasteiger partial charge in [-0.25, -0.2) is 4.39 Å². The fraction of sp³-hybridized carbons (Fsp3) is 0.222. The third-order valence-electron chi connectivity index (χ3n) is 2.04. The second-order valence-corrected chi connectivity index (χ2v) is 2.90. The smallest absolute Gasteiger partial charge is 0.141 e. The molecule has 1 aromatic carbocycles. The van der Waals surface area contributed by atoms with Crippen molar-refractivity contribution in [3.8, 4) is 11.8 Å². The zero-order valence-electron chi connectivity index (χ0n) is 6.75. The largest absolute Gasteiger partial charge is 0.491 e. The molecule has 0 aromatic heterocycles. The molecule has 66 valence electrons. The maximum Gasteiger partial charge on any atom is 0.141 e. The number of rotatable bonds is 0. The lowest BCUT2D eigenvalue weighted by Crippen LogP contribution is -2.10. The Kier molecular flexibility index (Phi) is 1.67. The number of halogens is 1. The molecule has 0 aliphatic carbocycles. The first-order valence-corrected chi connectivity index (χ1v) is 3.84. The van der Waals surface area contributed by atoms with Crippen molar-refractivity contribution in [2.75, 3.05) is 6.61 Å². The average Bonchev–Trinajstić information content (AvgIpc) is 2.47. The zero-order chi connectivity index (χ0) is 9.42. The molecule has 0 saturated heterocycles. The lowest BCUT2D eigenvalue weighted by atomic mass is 10.1. The molecule has 0 saturated carbocycles. The molecule has 0 bridgehead atoms. The van der Waals surface area contributed by atoms with Gasteiger partial charge in [0, 0.05) is 11.6 Å². The normalized spacial score (nSPS) is 19.0. The minimum absolute atomic E-state index is 0.00662. The summed E-state index contributed by atoms with van der Waals surface area (Å²) in [6.45, 7) is 0.351. The van der Waals surface area contributed by atoms with Crippen LogP contribution in [0.1, 0.15) is 17.2 Å². The lowest BCUT2D eigenvalue weighted by Gasteiger charge is -2.01. The van der Waals surface area contributed by atoms with Crippen LogP contribution in [-0.4, -0.2) is 6.61 Å².